The maximum Gasteiger partial charge on any atom is 0.317 e. The molecule has 1 fully saturated rings. The number of carbonyl (C=O) groups is 2. The van der Waals surface area contributed by atoms with Crippen LogP contribution in [0.5, 0.6) is 0 Å². The third-order valence-electron chi connectivity index (χ3n) is 3.99. The van der Waals surface area contributed by atoms with Crippen LogP contribution in [0.25, 0.3) is 0 Å². The Morgan fingerprint density at radius 1 is 1.09 bits per heavy atom. The summed E-state index contributed by atoms with van der Waals surface area (Å²) in [5.74, 6) is 0.0612. The molecule has 3 amide bonds. The molecule has 0 radical (unpaired) electrons. The molecule has 0 bridgehead atoms. The van der Waals surface area contributed by atoms with Gasteiger partial charge in [-0.2, -0.15) is 0 Å². The summed E-state index contributed by atoms with van der Waals surface area (Å²) in [5, 5.41) is 2.88. The fourth-order valence-corrected chi connectivity index (χ4v) is 2.68. The molecule has 5 heteroatoms. The zero-order chi connectivity index (χ0) is 16.1. The second-order valence-corrected chi connectivity index (χ2v) is 5.83. The molecule has 1 aliphatic heterocycles. The molecule has 1 aromatic rings. The van der Waals surface area contributed by atoms with E-state index in [9.17, 15) is 9.59 Å². The number of rotatable bonds is 3. The van der Waals surface area contributed by atoms with Crippen LogP contribution in [0.15, 0.2) is 18.2 Å². The van der Waals surface area contributed by atoms with E-state index in [1.807, 2.05) is 43.9 Å². The van der Waals surface area contributed by atoms with Crippen LogP contribution in [-0.4, -0.2) is 54.5 Å². The van der Waals surface area contributed by atoms with Gasteiger partial charge in [0.2, 0.25) is 0 Å². The zero-order valence-electron chi connectivity index (χ0n) is 13.7. The predicted octanol–water partition coefficient (Wildman–Crippen LogP) is 2.18. The van der Waals surface area contributed by atoms with Crippen molar-refractivity contribution >= 4 is 11.9 Å². The van der Waals surface area contributed by atoms with Crippen molar-refractivity contribution in [2.75, 3.05) is 32.7 Å². The highest BCUT2D eigenvalue weighted by atomic mass is 16.2. The van der Waals surface area contributed by atoms with E-state index in [1.165, 1.54) is 0 Å². The Morgan fingerprint density at radius 2 is 1.73 bits per heavy atom. The number of hydrogen-bond acceptors (Lipinski definition) is 2. The van der Waals surface area contributed by atoms with Gasteiger partial charge in [0, 0.05) is 38.3 Å². The Hall–Kier alpha value is -2.04. The molecule has 1 heterocycles. The predicted molar refractivity (Wildman–Crippen MR) is 87.1 cm³/mol. The van der Waals surface area contributed by atoms with Crippen molar-refractivity contribution < 1.29 is 9.59 Å². The number of hydrogen-bond donors (Lipinski definition) is 1. The number of nitrogens with zero attached hydrogens (tertiary/aromatic N) is 2. The molecular weight excluding hydrogens is 278 g/mol. The first kappa shape index (κ1) is 16.3. The van der Waals surface area contributed by atoms with Crippen LogP contribution in [0.4, 0.5) is 4.79 Å². The van der Waals surface area contributed by atoms with Gasteiger partial charge in [0.15, 0.2) is 0 Å². The van der Waals surface area contributed by atoms with E-state index in [0.29, 0.717) is 32.7 Å². The summed E-state index contributed by atoms with van der Waals surface area (Å²) >= 11 is 0. The van der Waals surface area contributed by atoms with Crippen LogP contribution in [0.3, 0.4) is 0 Å². The van der Waals surface area contributed by atoms with E-state index >= 15 is 0 Å². The lowest BCUT2D eigenvalue weighted by Gasteiger charge is -2.35. The first-order chi connectivity index (χ1) is 10.5. The molecule has 1 aromatic carbocycles. The molecule has 1 saturated heterocycles. The molecule has 1 N–H and O–H groups in total. The monoisotopic (exact) mass is 303 g/mol. The van der Waals surface area contributed by atoms with Crippen molar-refractivity contribution in [3.8, 4) is 0 Å². The maximum absolute atomic E-state index is 12.6. The van der Waals surface area contributed by atoms with Gasteiger partial charge >= 0.3 is 6.03 Å². The van der Waals surface area contributed by atoms with Crippen LogP contribution < -0.4 is 5.32 Å². The van der Waals surface area contributed by atoms with Gasteiger partial charge in [-0.25, -0.2) is 4.79 Å². The average Bonchev–Trinajstić information content (AvgIpc) is 2.52. The summed E-state index contributed by atoms with van der Waals surface area (Å²) in [4.78, 5) is 28.1. The summed E-state index contributed by atoms with van der Waals surface area (Å²) < 4.78 is 0. The van der Waals surface area contributed by atoms with Crippen LogP contribution >= 0.6 is 0 Å². The van der Waals surface area contributed by atoms with Crippen LogP contribution in [0, 0.1) is 13.8 Å². The third-order valence-corrected chi connectivity index (χ3v) is 3.99. The van der Waals surface area contributed by atoms with Gasteiger partial charge in [-0.05, 0) is 31.9 Å². The number of benzene rings is 1. The van der Waals surface area contributed by atoms with Crippen molar-refractivity contribution in [2.45, 2.75) is 27.2 Å². The maximum atomic E-state index is 12.6. The SMILES string of the molecule is CCCNC(=O)N1CCN(C(=O)c2ccc(C)cc2C)CC1. The first-order valence-corrected chi connectivity index (χ1v) is 7.92. The van der Waals surface area contributed by atoms with Gasteiger partial charge in [-0.3, -0.25) is 4.79 Å². The summed E-state index contributed by atoms with van der Waals surface area (Å²) in [7, 11) is 0. The van der Waals surface area contributed by atoms with E-state index < -0.39 is 0 Å². The van der Waals surface area contributed by atoms with E-state index in [-0.39, 0.29) is 11.9 Å². The van der Waals surface area contributed by atoms with Gasteiger partial charge in [0.25, 0.3) is 5.91 Å². The van der Waals surface area contributed by atoms with Gasteiger partial charge in [-0.15, -0.1) is 0 Å². The standard InChI is InChI=1S/C17H25N3O2/c1-4-7-18-17(22)20-10-8-19(9-11-20)16(21)15-6-5-13(2)12-14(15)3/h5-6,12H,4,7-11H2,1-3H3,(H,18,22). The Balaban J connectivity index is 1.93. The molecule has 5 nitrogen and oxygen atoms in total. The molecule has 0 aromatic heterocycles. The quantitative estimate of drug-likeness (QED) is 0.930. The third kappa shape index (κ3) is 3.78. The first-order valence-electron chi connectivity index (χ1n) is 7.92. The van der Waals surface area contributed by atoms with Crippen molar-refractivity contribution in [1.29, 1.82) is 0 Å². The Kier molecular flexibility index (Phi) is 5.41. The van der Waals surface area contributed by atoms with Crippen molar-refractivity contribution in [3.05, 3.63) is 34.9 Å². The summed E-state index contributed by atoms with van der Waals surface area (Å²) in [6.45, 7) is 9.07. The Morgan fingerprint density at radius 3 is 2.32 bits per heavy atom. The largest absolute Gasteiger partial charge is 0.338 e. The highest BCUT2D eigenvalue weighted by Gasteiger charge is 2.25. The summed E-state index contributed by atoms with van der Waals surface area (Å²) in [6.07, 6.45) is 0.927. The van der Waals surface area contributed by atoms with E-state index in [0.717, 1.165) is 23.1 Å². The van der Waals surface area contributed by atoms with Crippen LogP contribution in [-0.2, 0) is 0 Å². The van der Waals surface area contributed by atoms with Crippen molar-refractivity contribution in [1.82, 2.24) is 15.1 Å². The number of carbonyl (C=O) groups excluding carboxylic acids is 2. The van der Waals surface area contributed by atoms with Gasteiger partial charge < -0.3 is 15.1 Å². The molecule has 22 heavy (non-hydrogen) atoms. The topological polar surface area (TPSA) is 52.7 Å². The number of piperazine rings is 1. The number of amides is 3. The molecule has 2 rings (SSSR count). The second-order valence-electron chi connectivity index (χ2n) is 5.83. The van der Waals surface area contributed by atoms with Gasteiger partial charge in [-0.1, -0.05) is 24.6 Å². The Labute approximate surface area is 132 Å². The zero-order valence-corrected chi connectivity index (χ0v) is 13.7. The molecule has 0 atom stereocenters. The lowest BCUT2D eigenvalue weighted by molar-refractivity contribution is 0.0664. The second kappa shape index (κ2) is 7.29. The van der Waals surface area contributed by atoms with E-state index in [4.69, 9.17) is 0 Å². The molecule has 0 unspecified atom stereocenters. The van der Waals surface area contributed by atoms with Crippen molar-refractivity contribution in [2.24, 2.45) is 0 Å². The molecule has 120 valence electrons. The average molecular weight is 303 g/mol. The lowest BCUT2D eigenvalue weighted by atomic mass is 10.0. The van der Waals surface area contributed by atoms with E-state index in [2.05, 4.69) is 5.32 Å². The van der Waals surface area contributed by atoms with Crippen molar-refractivity contribution in [3.63, 3.8) is 0 Å². The smallest absolute Gasteiger partial charge is 0.317 e. The van der Waals surface area contributed by atoms with Gasteiger partial charge in [0.05, 0.1) is 0 Å². The minimum Gasteiger partial charge on any atom is -0.338 e. The van der Waals surface area contributed by atoms with Crippen LogP contribution in [0.1, 0.15) is 34.8 Å². The Bertz CT molecular complexity index is 549. The highest BCUT2D eigenvalue weighted by molar-refractivity contribution is 5.95. The fourth-order valence-electron chi connectivity index (χ4n) is 2.68. The van der Waals surface area contributed by atoms with Crippen LogP contribution in [0.2, 0.25) is 0 Å². The summed E-state index contributed by atoms with van der Waals surface area (Å²) in [6, 6.07) is 5.87. The van der Waals surface area contributed by atoms with Gasteiger partial charge in [0.1, 0.15) is 0 Å². The number of urea groups is 1. The minimum atomic E-state index is -0.0273. The lowest BCUT2D eigenvalue weighted by Crippen LogP contribution is -2.53. The molecule has 0 spiro atoms. The number of nitrogens with one attached hydrogen (secondary N) is 1. The molecular formula is C17H25N3O2. The molecule has 0 aliphatic carbocycles. The van der Waals surface area contributed by atoms with E-state index in [1.54, 1.807) is 4.90 Å². The fraction of sp³-hybridized carbons (Fsp3) is 0.529. The normalized spacial score (nSPS) is 14.9. The summed E-state index contributed by atoms with van der Waals surface area (Å²) in [5.41, 5.74) is 2.93. The molecule has 1 aliphatic rings. The number of aryl methyl sites for hydroxylation is 2. The minimum absolute atomic E-state index is 0.0273. The highest BCUT2D eigenvalue weighted by Crippen LogP contribution is 2.14. The molecule has 0 saturated carbocycles.